The topological polar surface area (TPSA) is 105 Å². The first-order valence-electron chi connectivity index (χ1n) is 10.8. The van der Waals surface area contributed by atoms with Gasteiger partial charge >= 0.3 is 0 Å². The highest BCUT2D eigenvalue weighted by atomic mass is 19.1. The van der Waals surface area contributed by atoms with Gasteiger partial charge in [-0.3, -0.25) is 19.1 Å². The number of rotatable bonds is 6. The van der Waals surface area contributed by atoms with E-state index in [4.69, 9.17) is 0 Å². The van der Waals surface area contributed by atoms with Gasteiger partial charge in [-0.05, 0) is 38.0 Å². The lowest BCUT2D eigenvalue weighted by atomic mass is 10.1. The van der Waals surface area contributed by atoms with Crippen LogP contribution in [0.4, 0.5) is 10.2 Å². The number of H-pyrrole nitrogens is 1. The van der Waals surface area contributed by atoms with Gasteiger partial charge in [0.15, 0.2) is 5.82 Å². The Bertz CT molecular complexity index is 1380. The predicted molar refractivity (Wildman–Crippen MR) is 122 cm³/mol. The number of aryl methyl sites for hydroxylation is 2. The second-order valence-corrected chi connectivity index (χ2v) is 8.25. The number of fused-ring (bicyclic) bond motifs is 2. The average molecular weight is 446 g/mol. The van der Waals surface area contributed by atoms with E-state index in [2.05, 4.69) is 25.6 Å². The van der Waals surface area contributed by atoms with E-state index in [9.17, 15) is 14.0 Å². The zero-order valence-corrected chi connectivity index (χ0v) is 18.1. The van der Waals surface area contributed by atoms with Crippen molar-refractivity contribution in [1.29, 1.82) is 0 Å². The van der Waals surface area contributed by atoms with Crippen LogP contribution in [0.5, 0.6) is 0 Å². The maximum absolute atomic E-state index is 14.1. The maximum atomic E-state index is 14.1. The van der Waals surface area contributed by atoms with E-state index in [1.165, 1.54) is 10.6 Å². The molecule has 1 atom stereocenters. The van der Waals surface area contributed by atoms with Crippen LogP contribution in [-0.2, 0) is 24.3 Å². The fourth-order valence-corrected chi connectivity index (χ4v) is 4.26. The molecule has 1 aliphatic heterocycles. The van der Waals surface area contributed by atoms with Crippen molar-refractivity contribution in [3.63, 3.8) is 0 Å². The molecule has 0 saturated carbocycles. The predicted octanol–water partition coefficient (Wildman–Crippen LogP) is 2.98. The van der Waals surface area contributed by atoms with Crippen LogP contribution in [0, 0.1) is 12.7 Å². The molecular weight excluding hydrogens is 423 g/mol. The minimum atomic E-state index is -0.613. The molecule has 0 fully saturated rings. The van der Waals surface area contributed by atoms with E-state index in [1.54, 1.807) is 30.7 Å². The summed E-state index contributed by atoms with van der Waals surface area (Å²) in [6.07, 6.45) is 6.18. The summed E-state index contributed by atoms with van der Waals surface area (Å²) in [7, 11) is 0. The van der Waals surface area contributed by atoms with Gasteiger partial charge in [-0.1, -0.05) is 17.7 Å². The van der Waals surface area contributed by atoms with E-state index in [0.717, 1.165) is 22.2 Å². The molecule has 0 saturated heterocycles. The van der Waals surface area contributed by atoms with Crippen LogP contribution < -0.4 is 16.2 Å². The third kappa shape index (κ3) is 4.09. The quantitative estimate of drug-likeness (QED) is 0.422. The molecule has 4 heterocycles. The first kappa shape index (κ1) is 20.9. The van der Waals surface area contributed by atoms with Crippen LogP contribution in [-0.4, -0.2) is 25.4 Å². The van der Waals surface area contributed by atoms with Crippen LogP contribution in [0.2, 0.25) is 0 Å². The lowest BCUT2D eigenvalue weighted by molar-refractivity contribution is -0.124. The molecule has 4 aromatic rings. The van der Waals surface area contributed by atoms with Gasteiger partial charge in [0.05, 0.1) is 6.54 Å². The largest absolute Gasteiger partial charge is 0.361 e. The van der Waals surface area contributed by atoms with Gasteiger partial charge in [0, 0.05) is 53.0 Å². The van der Waals surface area contributed by atoms with Crippen LogP contribution >= 0.6 is 0 Å². The molecule has 0 radical (unpaired) electrons. The molecule has 1 aliphatic rings. The van der Waals surface area contributed by atoms with Crippen molar-refractivity contribution in [2.75, 3.05) is 5.32 Å². The van der Waals surface area contributed by atoms with Crippen molar-refractivity contribution in [1.82, 2.24) is 24.8 Å². The molecule has 9 heteroatoms. The van der Waals surface area contributed by atoms with E-state index in [1.807, 2.05) is 19.1 Å². The zero-order chi connectivity index (χ0) is 22.9. The van der Waals surface area contributed by atoms with Crippen molar-refractivity contribution in [3.8, 4) is 0 Å². The summed E-state index contributed by atoms with van der Waals surface area (Å²) < 4.78 is 15.5. The number of carbonyl (C=O) groups excluding carboxylic acids is 1. The number of hydrogen-bond acceptors (Lipinski definition) is 5. The van der Waals surface area contributed by atoms with Gasteiger partial charge in [0.25, 0.3) is 5.56 Å². The summed E-state index contributed by atoms with van der Waals surface area (Å²) in [5, 5.41) is 6.82. The summed E-state index contributed by atoms with van der Waals surface area (Å²) in [6.45, 7) is 2.32. The van der Waals surface area contributed by atoms with Gasteiger partial charge in [0.1, 0.15) is 11.9 Å². The number of amides is 1. The Labute approximate surface area is 188 Å². The third-order valence-electron chi connectivity index (χ3n) is 5.94. The molecule has 1 aromatic carbocycles. The Hall–Kier alpha value is -4.01. The molecule has 0 unspecified atom stereocenters. The number of benzene rings is 1. The van der Waals surface area contributed by atoms with Crippen LogP contribution in [0.1, 0.15) is 35.0 Å². The molecule has 0 bridgehead atoms. The average Bonchev–Trinajstić information content (AvgIpc) is 3.43. The Kier molecular flexibility index (Phi) is 5.37. The minimum absolute atomic E-state index is 0.0995. The molecule has 33 heavy (non-hydrogen) atoms. The molecule has 5 rings (SSSR count). The second kappa shape index (κ2) is 8.50. The summed E-state index contributed by atoms with van der Waals surface area (Å²) in [6, 6.07) is 8.02. The number of aromatic nitrogens is 4. The first-order chi connectivity index (χ1) is 16.0. The van der Waals surface area contributed by atoms with Crippen molar-refractivity contribution in [2.45, 2.75) is 38.9 Å². The number of halogens is 1. The van der Waals surface area contributed by atoms with Crippen LogP contribution in [0.15, 0.2) is 53.7 Å². The second-order valence-electron chi connectivity index (χ2n) is 8.25. The summed E-state index contributed by atoms with van der Waals surface area (Å²) >= 11 is 0. The maximum Gasteiger partial charge on any atom is 0.294 e. The van der Waals surface area contributed by atoms with E-state index >= 15 is 0 Å². The smallest absolute Gasteiger partial charge is 0.294 e. The zero-order valence-electron chi connectivity index (χ0n) is 18.1. The van der Waals surface area contributed by atoms with Crippen molar-refractivity contribution in [2.24, 2.45) is 0 Å². The van der Waals surface area contributed by atoms with E-state index in [0.29, 0.717) is 30.6 Å². The number of aromatic amines is 1. The fraction of sp³-hybridized carbons (Fsp3) is 0.250. The number of anilines is 1. The van der Waals surface area contributed by atoms with Gasteiger partial charge < -0.3 is 15.6 Å². The molecule has 0 aliphatic carbocycles. The molecule has 3 N–H and O–H groups in total. The molecule has 168 valence electrons. The Morgan fingerprint density at radius 3 is 2.97 bits per heavy atom. The third-order valence-corrected chi connectivity index (χ3v) is 5.94. The van der Waals surface area contributed by atoms with Gasteiger partial charge in [-0.25, -0.2) is 9.37 Å². The number of nitrogens with one attached hydrogen (secondary N) is 3. The lowest BCUT2D eigenvalue weighted by Gasteiger charge is -2.16. The lowest BCUT2D eigenvalue weighted by Crippen LogP contribution is -2.36. The summed E-state index contributed by atoms with van der Waals surface area (Å²) in [5.41, 5.74) is 3.51. The minimum Gasteiger partial charge on any atom is -0.361 e. The Morgan fingerprint density at radius 2 is 2.12 bits per heavy atom. The van der Waals surface area contributed by atoms with Gasteiger partial charge in [0.2, 0.25) is 5.91 Å². The SMILES string of the molecule is Cc1ccc(F)c(CNc2ncc3n(c2=O)[C@H](C(=O)NCc2cc4cnccc4[nH]2)CC3)c1. The number of pyridine rings is 1. The molecule has 0 spiro atoms. The normalized spacial score (nSPS) is 14.9. The highest BCUT2D eigenvalue weighted by Gasteiger charge is 2.30. The standard InChI is InChI=1S/C24H23FN6O2/c1-14-2-4-19(25)15(8-14)11-27-22-24(33)31-18(13-28-22)3-5-21(31)23(32)29-12-17-9-16-10-26-7-6-20(16)30-17/h2,4,6-10,13,21,30H,3,5,11-12H2,1H3,(H,27,28)(H,29,32)/t21-/m0/s1. The van der Waals surface area contributed by atoms with Crippen LogP contribution in [0.25, 0.3) is 10.9 Å². The van der Waals surface area contributed by atoms with Gasteiger partial charge in [-0.2, -0.15) is 0 Å². The van der Waals surface area contributed by atoms with Gasteiger partial charge in [-0.15, -0.1) is 0 Å². The molecule has 3 aromatic heterocycles. The molecule has 1 amide bonds. The van der Waals surface area contributed by atoms with Crippen molar-refractivity contribution in [3.05, 3.63) is 87.6 Å². The molecular formula is C24H23FN6O2. The Morgan fingerprint density at radius 1 is 1.24 bits per heavy atom. The summed E-state index contributed by atoms with van der Waals surface area (Å²) in [4.78, 5) is 37.6. The summed E-state index contributed by atoms with van der Waals surface area (Å²) in [5.74, 6) is -0.476. The first-order valence-corrected chi connectivity index (χ1v) is 10.8. The van der Waals surface area contributed by atoms with E-state index in [-0.39, 0.29) is 29.6 Å². The van der Waals surface area contributed by atoms with Crippen molar-refractivity contribution < 1.29 is 9.18 Å². The number of nitrogens with zero attached hydrogens (tertiary/aromatic N) is 3. The number of carbonyl (C=O) groups is 1. The van der Waals surface area contributed by atoms with Crippen LogP contribution in [0.3, 0.4) is 0 Å². The van der Waals surface area contributed by atoms with E-state index < -0.39 is 6.04 Å². The highest BCUT2D eigenvalue weighted by molar-refractivity contribution is 5.82. The monoisotopic (exact) mass is 446 g/mol. The Balaban J connectivity index is 1.31. The fourth-order valence-electron chi connectivity index (χ4n) is 4.26. The van der Waals surface area contributed by atoms with Crippen molar-refractivity contribution >= 4 is 22.6 Å². The number of hydrogen-bond donors (Lipinski definition) is 3. The molecule has 8 nitrogen and oxygen atoms in total. The highest BCUT2D eigenvalue weighted by Crippen LogP contribution is 2.24.